The molecule has 0 radical (unpaired) electrons. The Labute approximate surface area is 79.3 Å². The summed E-state index contributed by atoms with van der Waals surface area (Å²) in [5, 5.41) is 9.22. The summed E-state index contributed by atoms with van der Waals surface area (Å²) in [6.07, 6.45) is 0. The van der Waals surface area contributed by atoms with E-state index in [4.69, 9.17) is 5.73 Å². The summed E-state index contributed by atoms with van der Waals surface area (Å²) in [6, 6.07) is 7.23. The van der Waals surface area contributed by atoms with E-state index in [1.165, 1.54) is 4.68 Å². The van der Waals surface area contributed by atoms with Gasteiger partial charge in [0.2, 0.25) is 0 Å². The lowest BCUT2D eigenvalue weighted by atomic mass is 10.2. The van der Waals surface area contributed by atoms with Crippen LogP contribution in [0.1, 0.15) is 5.56 Å². The molecular weight excluding hydrogens is 182 g/mol. The lowest BCUT2D eigenvalue weighted by molar-refractivity contribution is 0.779. The number of H-pyrrole nitrogens is 1. The largest absolute Gasteiger partial charge is 0.365 e. The Morgan fingerprint density at radius 2 is 2.07 bits per heavy atom. The van der Waals surface area contributed by atoms with Gasteiger partial charge in [-0.1, -0.05) is 12.1 Å². The maximum atomic E-state index is 11.1. The lowest BCUT2D eigenvalue weighted by Crippen LogP contribution is -2.15. The standard InChI is InChI=1S/C8H9N5O/c9-5-6-1-3-7(4-2-6)13-8(14)10-11-12-13/h1-4H,5,9H2,(H,10,12,14). The van der Waals surface area contributed by atoms with Crippen LogP contribution < -0.4 is 11.4 Å². The van der Waals surface area contributed by atoms with Crippen LogP contribution in [0.15, 0.2) is 29.1 Å². The molecule has 0 unspecified atom stereocenters. The lowest BCUT2D eigenvalue weighted by Gasteiger charge is -1.99. The number of hydrogen-bond donors (Lipinski definition) is 2. The number of rotatable bonds is 2. The Kier molecular flexibility index (Phi) is 2.11. The van der Waals surface area contributed by atoms with Gasteiger partial charge in [0.15, 0.2) is 0 Å². The number of benzene rings is 1. The average molecular weight is 191 g/mol. The molecule has 0 aliphatic heterocycles. The molecule has 0 saturated carbocycles. The number of aromatic amines is 1. The van der Waals surface area contributed by atoms with E-state index in [2.05, 4.69) is 15.5 Å². The Balaban J connectivity index is 2.44. The molecule has 0 saturated heterocycles. The Morgan fingerprint density at radius 3 is 2.57 bits per heavy atom. The van der Waals surface area contributed by atoms with Crippen molar-refractivity contribution in [2.75, 3.05) is 0 Å². The zero-order valence-corrected chi connectivity index (χ0v) is 7.34. The zero-order valence-electron chi connectivity index (χ0n) is 7.34. The molecule has 3 N–H and O–H groups in total. The fourth-order valence-corrected chi connectivity index (χ4v) is 1.14. The monoisotopic (exact) mass is 191 g/mol. The molecule has 14 heavy (non-hydrogen) atoms. The van der Waals surface area contributed by atoms with E-state index in [0.717, 1.165) is 5.56 Å². The highest BCUT2D eigenvalue weighted by Gasteiger charge is 2.01. The normalized spacial score (nSPS) is 10.4. The maximum Gasteiger partial charge on any atom is 0.365 e. The van der Waals surface area contributed by atoms with E-state index in [1.54, 1.807) is 12.1 Å². The summed E-state index contributed by atoms with van der Waals surface area (Å²) in [5.74, 6) is 0. The predicted octanol–water partition coefficient (Wildman–Crippen LogP) is -0.586. The van der Waals surface area contributed by atoms with Crippen LogP contribution in [0.3, 0.4) is 0 Å². The molecule has 0 fully saturated rings. The summed E-state index contributed by atoms with van der Waals surface area (Å²) in [4.78, 5) is 11.1. The average Bonchev–Trinajstić information content (AvgIpc) is 2.65. The van der Waals surface area contributed by atoms with Crippen molar-refractivity contribution in [3.8, 4) is 5.69 Å². The topological polar surface area (TPSA) is 89.6 Å². The molecule has 0 atom stereocenters. The first kappa shape index (κ1) is 8.64. The Hall–Kier alpha value is -1.95. The van der Waals surface area contributed by atoms with Gasteiger partial charge < -0.3 is 5.73 Å². The first-order valence-corrected chi connectivity index (χ1v) is 4.11. The minimum atomic E-state index is -0.356. The number of nitrogens with zero attached hydrogens (tertiary/aromatic N) is 3. The molecule has 0 amide bonds. The molecular formula is C8H9N5O. The van der Waals surface area contributed by atoms with Crippen LogP contribution in [0.25, 0.3) is 5.69 Å². The van der Waals surface area contributed by atoms with Crippen LogP contribution >= 0.6 is 0 Å². The summed E-state index contributed by atoms with van der Waals surface area (Å²) < 4.78 is 1.18. The van der Waals surface area contributed by atoms with E-state index in [0.29, 0.717) is 12.2 Å². The van der Waals surface area contributed by atoms with Gasteiger partial charge in [-0.25, -0.2) is 9.89 Å². The van der Waals surface area contributed by atoms with E-state index >= 15 is 0 Å². The van der Waals surface area contributed by atoms with Gasteiger partial charge in [-0.05, 0) is 28.1 Å². The first-order valence-electron chi connectivity index (χ1n) is 4.11. The molecule has 0 aliphatic carbocycles. The highest BCUT2D eigenvalue weighted by Crippen LogP contribution is 2.05. The Bertz CT molecular complexity index is 469. The fraction of sp³-hybridized carbons (Fsp3) is 0.125. The van der Waals surface area contributed by atoms with Gasteiger partial charge in [0, 0.05) is 6.54 Å². The molecule has 1 aromatic carbocycles. The van der Waals surface area contributed by atoms with Crippen LogP contribution in [0.4, 0.5) is 0 Å². The molecule has 0 bridgehead atoms. The SMILES string of the molecule is NCc1ccc(-n2nn[nH]c2=O)cc1. The van der Waals surface area contributed by atoms with Crippen molar-refractivity contribution in [2.24, 2.45) is 5.73 Å². The van der Waals surface area contributed by atoms with Crippen molar-refractivity contribution < 1.29 is 0 Å². The van der Waals surface area contributed by atoms with Crippen LogP contribution in [-0.2, 0) is 6.54 Å². The molecule has 6 nitrogen and oxygen atoms in total. The van der Waals surface area contributed by atoms with Crippen molar-refractivity contribution >= 4 is 0 Å². The molecule has 1 aromatic heterocycles. The Morgan fingerprint density at radius 1 is 1.36 bits per heavy atom. The summed E-state index contributed by atoms with van der Waals surface area (Å²) in [7, 11) is 0. The number of hydrogen-bond acceptors (Lipinski definition) is 4. The molecule has 2 aromatic rings. The molecule has 1 heterocycles. The van der Waals surface area contributed by atoms with Crippen molar-refractivity contribution in [1.29, 1.82) is 0 Å². The first-order chi connectivity index (χ1) is 6.81. The number of nitrogens with one attached hydrogen (secondary N) is 1. The third kappa shape index (κ3) is 1.42. The van der Waals surface area contributed by atoms with Gasteiger partial charge in [0.1, 0.15) is 0 Å². The van der Waals surface area contributed by atoms with Gasteiger partial charge in [-0.2, -0.15) is 4.68 Å². The third-order valence-electron chi connectivity index (χ3n) is 1.89. The van der Waals surface area contributed by atoms with Crippen LogP contribution in [0.5, 0.6) is 0 Å². The number of tetrazole rings is 1. The summed E-state index contributed by atoms with van der Waals surface area (Å²) >= 11 is 0. The minimum Gasteiger partial charge on any atom is -0.326 e. The fourth-order valence-electron chi connectivity index (χ4n) is 1.14. The predicted molar refractivity (Wildman–Crippen MR) is 49.9 cm³/mol. The number of nitrogens with two attached hydrogens (primary N) is 1. The van der Waals surface area contributed by atoms with Gasteiger partial charge in [-0.15, -0.1) is 0 Å². The second kappa shape index (κ2) is 3.43. The minimum absolute atomic E-state index is 0.356. The second-order valence-electron chi connectivity index (χ2n) is 2.79. The molecule has 6 heteroatoms. The van der Waals surface area contributed by atoms with E-state index in [-0.39, 0.29) is 5.69 Å². The van der Waals surface area contributed by atoms with Crippen LogP contribution in [0.2, 0.25) is 0 Å². The summed E-state index contributed by atoms with van der Waals surface area (Å²) in [5.41, 5.74) is 6.76. The quantitative estimate of drug-likeness (QED) is 0.664. The van der Waals surface area contributed by atoms with Crippen LogP contribution in [0, 0.1) is 0 Å². The molecule has 0 aliphatic rings. The highest BCUT2D eigenvalue weighted by molar-refractivity contribution is 5.32. The van der Waals surface area contributed by atoms with E-state index < -0.39 is 0 Å². The van der Waals surface area contributed by atoms with Crippen molar-refractivity contribution in [2.45, 2.75) is 6.54 Å². The van der Waals surface area contributed by atoms with E-state index in [1.807, 2.05) is 12.1 Å². The van der Waals surface area contributed by atoms with Gasteiger partial charge in [0.25, 0.3) is 0 Å². The smallest absolute Gasteiger partial charge is 0.326 e. The zero-order chi connectivity index (χ0) is 9.97. The molecule has 0 spiro atoms. The third-order valence-corrected chi connectivity index (χ3v) is 1.89. The van der Waals surface area contributed by atoms with Crippen LogP contribution in [-0.4, -0.2) is 20.2 Å². The molecule has 72 valence electrons. The molecule has 2 rings (SSSR count). The second-order valence-corrected chi connectivity index (χ2v) is 2.79. The maximum absolute atomic E-state index is 11.1. The highest BCUT2D eigenvalue weighted by atomic mass is 16.2. The number of aromatic nitrogens is 4. The van der Waals surface area contributed by atoms with Crippen molar-refractivity contribution in [1.82, 2.24) is 20.2 Å². The van der Waals surface area contributed by atoms with Gasteiger partial charge >= 0.3 is 5.69 Å². The van der Waals surface area contributed by atoms with Gasteiger partial charge in [-0.3, -0.25) is 0 Å². The van der Waals surface area contributed by atoms with Gasteiger partial charge in [0.05, 0.1) is 5.69 Å². The summed E-state index contributed by atoms with van der Waals surface area (Å²) in [6.45, 7) is 0.480. The van der Waals surface area contributed by atoms with Crippen molar-refractivity contribution in [3.63, 3.8) is 0 Å². The van der Waals surface area contributed by atoms with E-state index in [9.17, 15) is 4.79 Å². The van der Waals surface area contributed by atoms with Crippen molar-refractivity contribution in [3.05, 3.63) is 40.3 Å².